The van der Waals surface area contributed by atoms with Gasteiger partial charge in [0.2, 0.25) is 0 Å². The van der Waals surface area contributed by atoms with Gasteiger partial charge in [-0.1, -0.05) is 12.1 Å². The maximum absolute atomic E-state index is 12.7. The van der Waals surface area contributed by atoms with Crippen LogP contribution < -0.4 is 15.4 Å². The molecule has 2 heterocycles. The highest BCUT2D eigenvalue weighted by atomic mass is 16.5. The summed E-state index contributed by atoms with van der Waals surface area (Å²) < 4.78 is 5.33. The number of H-pyrrole nitrogens is 1. The molecule has 0 aliphatic heterocycles. The van der Waals surface area contributed by atoms with Crippen molar-refractivity contribution in [3.63, 3.8) is 0 Å². The number of para-hydroxylation sites is 2. The van der Waals surface area contributed by atoms with Crippen molar-refractivity contribution >= 4 is 17.4 Å². The number of rotatable bonds is 6. The number of hydrogen-bond acceptors (Lipinski definition) is 5. The predicted molar refractivity (Wildman–Crippen MR) is 95.0 cm³/mol. The number of aromatic amines is 1. The zero-order valence-electron chi connectivity index (χ0n) is 14.0. The van der Waals surface area contributed by atoms with E-state index < -0.39 is 0 Å². The average molecular weight is 337 g/mol. The molecule has 0 unspecified atom stereocenters. The lowest BCUT2D eigenvalue weighted by atomic mass is 10.2. The smallest absolute Gasteiger partial charge is 0.255 e. The molecule has 25 heavy (non-hydrogen) atoms. The summed E-state index contributed by atoms with van der Waals surface area (Å²) >= 11 is 0. The second-order valence-electron chi connectivity index (χ2n) is 5.39. The Morgan fingerprint density at radius 3 is 2.76 bits per heavy atom. The van der Waals surface area contributed by atoms with Gasteiger partial charge >= 0.3 is 0 Å². The lowest BCUT2D eigenvalue weighted by Crippen LogP contribution is -2.28. The molecule has 0 saturated carbocycles. The summed E-state index contributed by atoms with van der Waals surface area (Å²) in [6, 6.07) is 10.6. The van der Waals surface area contributed by atoms with Gasteiger partial charge < -0.3 is 20.4 Å². The first-order chi connectivity index (χ1) is 12.2. The van der Waals surface area contributed by atoms with Crippen molar-refractivity contribution < 1.29 is 9.53 Å². The lowest BCUT2D eigenvalue weighted by Gasteiger charge is -2.15. The number of nitrogens with one attached hydrogen (secondary N) is 3. The van der Waals surface area contributed by atoms with Gasteiger partial charge in [0.05, 0.1) is 24.4 Å². The Kier molecular flexibility index (Phi) is 4.94. The lowest BCUT2D eigenvalue weighted by molar-refractivity contribution is 0.0939. The molecule has 3 N–H and O–H groups in total. The van der Waals surface area contributed by atoms with Gasteiger partial charge in [-0.15, -0.1) is 0 Å². The van der Waals surface area contributed by atoms with E-state index in [0.29, 0.717) is 23.0 Å². The third-order valence-corrected chi connectivity index (χ3v) is 3.69. The van der Waals surface area contributed by atoms with Crippen LogP contribution in [0.4, 0.5) is 11.5 Å². The monoisotopic (exact) mass is 337 g/mol. The Labute approximate surface area is 145 Å². The van der Waals surface area contributed by atoms with Crippen LogP contribution in [0.2, 0.25) is 0 Å². The zero-order chi connectivity index (χ0) is 17.6. The number of anilines is 2. The van der Waals surface area contributed by atoms with Gasteiger partial charge in [0.25, 0.3) is 5.91 Å². The van der Waals surface area contributed by atoms with Crippen LogP contribution in [0, 0.1) is 0 Å². The molecular formula is C18H19N5O2. The molecule has 1 aromatic carbocycles. The Hall–Kier alpha value is -3.35. The maximum atomic E-state index is 12.7. The Morgan fingerprint density at radius 2 is 2.00 bits per heavy atom. The van der Waals surface area contributed by atoms with Gasteiger partial charge in [-0.05, 0) is 31.2 Å². The zero-order valence-corrected chi connectivity index (χ0v) is 14.0. The third-order valence-electron chi connectivity index (χ3n) is 3.69. The quantitative estimate of drug-likeness (QED) is 0.643. The van der Waals surface area contributed by atoms with Crippen molar-refractivity contribution in [1.29, 1.82) is 0 Å². The summed E-state index contributed by atoms with van der Waals surface area (Å²) in [5, 5.41) is 6.07. The summed E-state index contributed by atoms with van der Waals surface area (Å²) in [6.07, 6.45) is 5.00. The molecule has 128 valence electrons. The SMILES string of the molecule is COc1ccccc1Nc1ncccc1C(=O)N[C@H](C)c1ncc[nH]1. The van der Waals surface area contributed by atoms with Crippen LogP contribution >= 0.6 is 0 Å². The molecule has 0 fully saturated rings. The van der Waals surface area contributed by atoms with Gasteiger partial charge in [-0.2, -0.15) is 0 Å². The molecule has 0 saturated heterocycles. The third kappa shape index (κ3) is 3.77. The largest absolute Gasteiger partial charge is 0.495 e. The minimum atomic E-state index is -0.248. The molecule has 7 nitrogen and oxygen atoms in total. The molecule has 0 bridgehead atoms. The normalized spacial score (nSPS) is 11.6. The number of pyridine rings is 1. The van der Waals surface area contributed by atoms with Crippen molar-refractivity contribution in [3.05, 3.63) is 66.4 Å². The molecule has 0 aliphatic carbocycles. The highest BCUT2D eigenvalue weighted by molar-refractivity contribution is 5.99. The molecular weight excluding hydrogens is 318 g/mol. The first-order valence-corrected chi connectivity index (χ1v) is 7.84. The van der Waals surface area contributed by atoms with Crippen molar-refractivity contribution in [2.24, 2.45) is 0 Å². The Balaban J connectivity index is 1.82. The van der Waals surface area contributed by atoms with E-state index in [9.17, 15) is 4.79 Å². The second kappa shape index (κ2) is 7.48. The minimum Gasteiger partial charge on any atom is -0.495 e. The average Bonchev–Trinajstić information content (AvgIpc) is 3.17. The minimum absolute atomic E-state index is 0.241. The molecule has 0 spiro atoms. The number of carbonyl (C=O) groups is 1. The van der Waals surface area contributed by atoms with E-state index in [2.05, 4.69) is 25.6 Å². The summed E-state index contributed by atoms with van der Waals surface area (Å²) in [5.41, 5.74) is 1.17. The molecule has 3 aromatic rings. The van der Waals surface area contributed by atoms with Crippen molar-refractivity contribution in [2.45, 2.75) is 13.0 Å². The molecule has 1 amide bonds. The van der Waals surface area contributed by atoms with Crippen molar-refractivity contribution in [2.75, 3.05) is 12.4 Å². The van der Waals surface area contributed by atoms with Gasteiger partial charge in [-0.3, -0.25) is 4.79 Å². The highest BCUT2D eigenvalue weighted by Crippen LogP contribution is 2.27. The molecule has 2 aromatic heterocycles. The van der Waals surface area contributed by atoms with Crippen LogP contribution in [0.3, 0.4) is 0 Å². The standard InChI is InChI=1S/C18H19N5O2/c1-12(16-20-10-11-21-16)22-18(24)13-6-5-9-19-17(13)23-14-7-3-4-8-15(14)25-2/h3-12H,1-2H3,(H,19,23)(H,20,21)(H,22,24)/t12-/m1/s1. The van der Waals surface area contributed by atoms with E-state index >= 15 is 0 Å². The van der Waals surface area contributed by atoms with E-state index in [-0.39, 0.29) is 11.9 Å². The number of aromatic nitrogens is 3. The summed E-state index contributed by atoms with van der Waals surface area (Å²) in [4.78, 5) is 24.1. The van der Waals surface area contributed by atoms with Gasteiger partial charge in [-0.25, -0.2) is 9.97 Å². The summed E-state index contributed by atoms with van der Waals surface area (Å²) in [6.45, 7) is 1.86. The molecule has 0 radical (unpaired) electrons. The number of carbonyl (C=O) groups excluding carboxylic acids is 1. The number of amides is 1. The van der Waals surface area contributed by atoms with E-state index in [1.165, 1.54) is 0 Å². The second-order valence-corrected chi connectivity index (χ2v) is 5.39. The van der Waals surface area contributed by atoms with E-state index in [0.717, 1.165) is 5.69 Å². The topological polar surface area (TPSA) is 91.9 Å². The summed E-state index contributed by atoms with van der Waals surface area (Å²) in [7, 11) is 1.59. The Bertz CT molecular complexity index is 848. The number of hydrogen-bond donors (Lipinski definition) is 3. The van der Waals surface area contributed by atoms with E-state index in [1.807, 2.05) is 31.2 Å². The van der Waals surface area contributed by atoms with Crippen LogP contribution in [0.15, 0.2) is 55.0 Å². The van der Waals surface area contributed by atoms with Crippen LogP contribution in [0.5, 0.6) is 5.75 Å². The van der Waals surface area contributed by atoms with E-state index in [1.54, 1.807) is 37.8 Å². The van der Waals surface area contributed by atoms with Gasteiger partial charge in [0.15, 0.2) is 0 Å². The predicted octanol–water partition coefficient (Wildman–Crippen LogP) is 3.05. The number of imidazole rings is 1. The fourth-order valence-electron chi connectivity index (χ4n) is 2.42. The fraction of sp³-hybridized carbons (Fsp3) is 0.167. The van der Waals surface area contributed by atoms with Crippen LogP contribution in [0.1, 0.15) is 29.1 Å². The maximum Gasteiger partial charge on any atom is 0.255 e. The Morgan fingerprint density at radius 1 is 1.16 bits per heavy atom. The van der Waals surface area contributed by atoms with Crippen molar-refractivity contribution in [3.8, 4) is 5.75 Å². The highest BCUT2D eigenvalue weighted by Gasteiger charge is 2.17. The summed E-state index contributed by atoms with van der Waals surface area (Å²) in [5.74, 6) is 1.57. The van der Waals surface area contributed by atoms with Gasteiger partial charge in [0.1, 0.15) is 17.4 Å². The van der Waals surface area contributed by atoms with Crippen molar-refractivity contribution in [1.82, 2.24) is 20.3 Å². The van der Waals surface area contributed by atoms with E-state index in [4.69, 9.17) is 4.74 Å². The first kappa shape index (κ1) is 16.5. The molecule has 1 atom stereocenters. The fourth-order valence-corrected chi connectivity index (χ4v) is 2.42. The number of benzene rings is 1. The molecule has 7 heteroatoms. The van der Waals surface area contributed by atoms with Crippen LogP contribution in [-0.4, -0.2) is 28.0 Å². The number of ether oxygens (including phenoxy) is 1. The first-order valence-electron chi connectivity index (χ1n) is 7.84. The van der Waals surface area contributed by atoms with Gasteiger partial charge in [0, 0.05) is 18.6 Å². The van der Waals surface area contributed by atoms with Crippen LogP contribution in [0.25, 0.3) is 0 Å². The molecule has 3 rings (SSSR count). The number of methoxy groups -OCH3 is 1. The van der Waals surface area contributed by atoms with Crippen LogP contribution in [-0.2, 0) is 0 Å². The number of nitrogens with zero attached hydrogens (tertiary/aromatic N) is 2. The molecule has 0 aliphatic rings.